The lowest BCUT2D eigenvalue weighted by molar-refractivity contribution is 0.0788. The molecule has 0 radical (unpaired) electrons. The van der Waals surface area contributed by atoms with Crippen LogP contribution in [0.1, 0.15) is 18.6 Å². The van der Waals surface area contributed by atoms with E-state index in [0.717, 1.165) is 16.6 Å². The molecule has 1 atom stereocenters. The normalized spacial score (nSPS) is 12.5. The van der Waals surface area contributed by atoms with Gasteiger partial charge in [0.1, 0.15) is 5.75 Å². The molecule has 14 heavy (non-hydrogen) atoms. The highest BCUT2D eigenvalue weighted by Gasteiger charge is 2.13. The van der Waals surface area contributed by atoms with Gasteiger partial charge in [0.25, 0.3) is 0 Å². The van der Waals surface area contributed by atoms with Crippen molar-refractivity contribution in [2.75, 3.05) is 19.0 Å². The molecule has 0 aliphatic heterocycles. The molecule has 1 aromatic carbocycles. The number of ether oxygens (including phenoxy) is 2. The second-order valence-corrected chi connectivity index (χ2v) is 3.49. The number of methoxy groups -OCH3 is 1. The Kier molecular flexibility index (Phi) is 4.98. The molecule has 2 nitrogen and oxygen atoms in total. The van der Waals surface area contributed by atoms with Crippen molar-refractivity contribution in [2.24, 2.45) is 0 Å². The van der Waals surface area contributed by atoms with Gasteiger partial charge in [0.05, 0.1) is 13.2 Å². The van der Waals surface area contributed by atoms with Crippen molar-refractivity contribution in [1.29, 1.82) is 0 Å². The van der Waals surface area contributed by atoms with E-state index >= 15 is 0 Å². The standard InChI is InChI=1S/C11H15BrO2/c1-3-14-11(8-12)9-6-4-5-7-10(9)13-2/h4-7,11H,3,8H2,1-2H3. The van der Waals surface area contributed by atoms with E-state index in [9.17, 15) is 0 Å². The molecule has 1 aromatic rings. The van der Waals surface area contributed by atoms with E-state index in [1.165, 1.54) is 0 Å². The van der Waals surface area contributed by atoms with Crippen molar-refractivity contribution in [3.05, 3.63) is 29.8 Å². The maximum atomic E-state index is 5.59. The van der Waals surface area contributed by atoms with Gasteiger partial charge in [-0.1, -0.05) is 34.1 Å². The molecule has 0 amide bonds. The van der Waals surface area contributed by atoms with Crippen molar-refractivity contribution in [3.8, 4) is 5.75 Å². The van der Waals surface area contributed by atoms with Crippen LogP contribution >= 0.6 is 15.9 Å². The van der Waals surface area contributed by atoms with Crippen molar-refractivity contribution < 1.29 is 9.47 Å². The molecule has 0 saturated carbocycles. The fourth-order valence-electron chi connectivity index (χ4n) is 1.35. The number of hydrogen-bond acceptors (Lipinski definition) is 2. The van der Waals surface area contributed by atoms with E-state index < -0.39 is 0 Å². The molecular formula is C11H15BrO2. The summed E-state index contributed by atoms with van der Waals surface area (Å²) in [5.74, 6) is 0.880. The maximum Gasteiger partial charge on any atom is 0.124 e. The molecule has 0 aliphatic rings. The average molecular weight is 259 g/mol. The van der Waals surface area contributed by atoms with Gasteiger partial charge in [0, 0.05) is 17.5 Å². The summed E-state index contributed by atoms with van der Waals surface area (Å²) in [7, 11) is 1.68. The van der Waals surface area contributed by atoms with Crippen LogP contribution in [0.3, 0.4) is 0 Å². The van der Waals surface area contributed by atoms with E-state index in [1.807, 2.05) is 31.2 Å². The Balaban J connectivity index is 2.90. The van der Waals surface area contributed by atoms with E-state index in [-0.39, 0.29) is 6.10 Å². The largest absolute Gasteiger partial charge is 0.496 e. The van der Waals surface area contributed by atoms with Crippen LogP contribution < -0.4 is 4.74 Å². The SMILES string of the molecule is CCOC(CBr)c1ccccc1OC. The van der Waals surface area contributed by atoms with E-state index in [1.54, 1.807) is 7.11 Å². The van der Waals surface area contributed by atoms with Crippen molar-refractivity contribution in [3.63, 3.8) is 0 Å². The summed E-state index contributed by atoms with van der Waals surface area (Å²) in [6.45, 7) is 2.69. The zero-order valence-corrected chi connectivity index (χ0v) is 10.1. The van der Waals surface area contributed by atoms with Crippen LogP contribution in [0.15, 0.2) is 24.3 Å². The second kappa shape index (κ2) is 6.04. The molecular weight excluding hydrogens is 244 g/mol. The molecule has 0 aliphatic carbocycles. The van der Waals surface area contributed by atoms with E-state index in [0.29, 0.717) is 6.61 Å². The molecule has 0 bridgehead atoms. The quantitative estimate of drug-likeness (QED) is 0.756. The van der Waals surface area contributed by atoms with Gasteiger partial charge in [0.15, 0.2) is 0 Å². The first kappa shape index (κ1) is 11.5. The first-order chi connectivity index (χ1) is 6.83. The molecule has 3 heteroatoms. The first-order valence-corrected chi connectivity index (χ1v) is 5.76. The Bertz CT molecular complexity index is 276. The Morgan fingerprint density at radius 1 is 1.36 bits per heavy atom. The van der Waals surface area contributed by atoms with Crippen molar-refractivity contribution in [1.82, 2.24) is 0 Å². The Morgan fingerprint density at radius 3 is 2.64 bits per heavy atom. The van der Waals surface area contributed by atoms with Crippen LogP contribution in [0.25, 0.3) is 0 Å². The Hall–Kier alpha value is -0.540. The molecule has 0 N–H and O–H groups in total. The highest BCUT2D eigenvalue weighted by molar-refractivity contribution is 9.09. The minimum Gasteiger partial charge on any atom is -0.496 e. The van der Waals surface area contributed by atoms with Gasteiger partial charge in [-0.25, -0.2) is 0 Å². The zero-order chi connectivity index (χ0) is 10.4. The third-order valence-corrected chi connectivity index (χ3v) is 2.58. The first-order valence-electron chi connectivity index (χ1n) is 4.64. The van der Waals surface area contributed by atoms with Gasteiger partial charge in [-0.2, -0.15) is 0 Å². The number of para-hydroxylation sites is 1. The Morgan fingerprint density at radius 2 is 2.07 bits per heavy atom. The van der Waals surface area contributed by atoms with Crippen LogP contribution in [0.4, 0.5) is 0 Å². The summed E-state index contributed by atoms with van der Waals surface area (Å²) in [5, 5.41) is 0.779. The number of benzene rings is 1. The molecule has 1 rings (SSSR count). The molecule has 0 heterocycles. The van der Waals surface area contributed by atoms with Gasteiger partial charge >= 0.3 is 0 Å². The highest BCUT2D eigenvalue weighted by atomic mass is 79.9. The van der Waals surface area contributed by atoms with E-state index in [4.69, 9.17) is 9.47 Å². The summed E-state index contributed by atoms with van der Waals surface area (Å²) in [6.07, 6.45) is 0.0659. The van der Waals surface area contributed by atoms with Crippen LogP contribution in [0, 0.1) is 0 Å². The molecule has 0 fully saturated rings. The monoisotopic (exact) mass is 258 g/mol. The zero-order valence-electron chi connectivity index (χ0n) is 8.50. The molecule has 78 valence electrons. The van der Waals surface area contributed by atoms with E-state index in [2.05, 4.69) is 15.9 Å². The molecule has 0 saturated heterocycles. The van der Waals surface area contributed by atoms with Gasteiger partial charge in [-0.15, -0.1) is 0 Å². The summed E-state index contributed by atoms with van der Waals surface area (Å²) >= 11 is 3.44. The molecule has 0 aromatic heterocycles. The molecule has 1 unspecified atom stereocenters. The highest BCUT2D eigenvalue weighted by Crippen LogP contribution is 2.28. The summed E-state index contributed by atoms with van der Waals surface area (Å²) in [5.41, 5.74) is 1.09. The molecule has 0 spiro atoms. The predicted molar refractivity (Wildman–Crippen MR) is 61.2 cm³/mol. The van der Waals surface area contributed by atoms with Crippen LogP contribution in [0.5, 0.6) is 5.75 Å². The third-order valence-electron chi connectivity index (χ3n) is 1.99. The summed E-state index contributed by atoms with van der Waals surface area (Å²) in [4.78, 5) is 0. The maximum absolute atomic E-state index is 5.59. The minimum atomic E-state index is 0.0659. The van der Waals surface area contributed by atoms with Crippen LogP contribution in [-0.4, -0.2) is 19.0 Å². The second-order valence-electron chi connectivity index (χ2n) is 2.84. The van der Waals surface area contributed by atoms with Crippen molar-refractivity contribution >= 4 is 15.9 Å². The summed E-state index contributed by atoms with van der Waals surface area (Å²) in [6, 6.07) is 7.93. The fourth-order valence-corrected chi connectivity index (χ4v) is 1.89. The number of rotatable bonds is 5. The lowest BCUT2D eigenvalue weighted by Gasteiger charge is -2.17. The lowest BCUT2D eigenvalue weighted by atomic mass is 10.1. The number of alkyl halides is 1. The predicted octanol–water partition coefficient (Wildman–Crippen LogP) is 3.17. The number of hydrogen-bond donors (Lipinski definition) is 0. The summed E-state index contributed by atoms with van der Waals surface area (Å²) < 4.78 is 10.9. The van der Waals surface area contributed by atoms with Gasteiger partial charge in [-0.3, -0.25) is 0 Å². The van der Waals surface area contributed by atoms with Crippen LogP contribution in [0.2, 0.25) is 0 Å². The lowest BCUT2D eigenvalue weighted by Crippen LogP contribution is -2.07. The van der Waals surface area contributed by atoms with Gasteiger partial charge in [0.2, 0.25) is 0 Å². The van der Waals surface area contributed by atoms with Gasteiger partial charge in [-0.05, 0) is 13.0 Å². The van der Waals surface area contributed by atoms with Crippen LogP contribution in [-0.2, 0) is 4.74 Å². The van der Waals surface area contributed by atoms with Gasteiger partial charge < -0.3 is 9.47 Å². The smallest absolute Gasteiger partial charge is 0.124 e. The Labute approximate surface area is 93.4 Å². The number of halogens is 1. The topological polar surface area (TPSA) is 18.5 Å². The fraction of sp³-hybridized carbons (Fsp3) is 0.455. The third kappa shape index (κ3) is 2.72. The van der Waals surface area contributed by atoms with Crippen molar-refractivity contribution in [2.45, 2.75) is 13.0 Å². The minimum absolute atomic E-state index is 0.0659. The average Bonchev–Trinajstić information content (AvgIpc) is 2.26.